The van der Waals surface area contributed by atoms with Crippen LogP contribution in [0.4, 0.5) is 34.1 Å². The summed E-state index contributed by atoms with van der Waals surface area (Å²) in [6.07, 6.45) is 0. The standard InChI is InChI=1S/C88H54N2/c1-9-29-55(30-10-1)75-63-45-25-27-47-65(63)77(57-33-13-3-14-34-57)87-71-53-73(89(59-37-17-5-18-38-59)60-39-19-6-20-40-60)81-70-52-50-68-80-72(88-78(58-35-15-4-16-36-58)66-48-28-26-46-64(66)76(84(68)88)56-31-11-2-12-32-56)54-74(90(61-41-21-7-22-42-61)62-43-23-8-24-44-62)82(86(70)80)69-51-49-67(83(75)87)79(71)85(69)81/h1-54H. The minimum atomic E-state index is 1.09. The van der Waals surface area contributed by atoms with E-state index < -0.39 is 0 Å². The van der Waals surface area contributed by atoms with Crippen LogP contribution < -0.4 is 9.80 Å². The lowest BCUT2D eigenvalue weighted by Crippen LogP contribution is -2.12. The molecule has 0 atom stereocenters. The molecule has 0 N–H and O–H groups in total. The van der Waals surface area contributed by atoms with Crippen molar-refractivity contribution in [1.29, 1.82) is 0 Å². The van der Waals surface area contributed by atoms with Crippen LogP contribution in [-0.4, -0.2) is 0 Å². The Balaban J connectivity index is 1.08. The summed E-state index contributed by atoms with van der Waals surface area (Å²) in [5.74, 6) is 0. The molecule has 0 saturated heterocycles. The van der Waals surface area contributed by atoms with Crippen LogP contribution in [0, 0.1) is 0 Å². The number of hydrogen-bond acceptors (Lipinski definition) is 2. The molecule has 0 fully saturated rings. The molecule has 90 heavy (non-hydrogen) atoms. The zero-order chi connectivity index (χ0) is 59.0. The number of hydrogen-bond donors (Lipinski definition) is 0. The van der Waals surface area contributed by atoms with Gasteiger partial charge in [0.25, 0.3) is 0 Å². The maximum absolute atomic E-state index is 2.59. The Labute approximate surface area is 522 Å². The van der Waals surface area contributed by atoms with Crippen molar-refractivity contribution in [3.05, 3.63) is 328 Å². The van der Waals surface area contributed by atoms with Crippen LogP contribution in [-0.2, 0) is 0 Å². The molecule has 19 rings (SSSR count). The molecule has 2 heteroatoms. The number of nitrogens with zero attached hydrogens (tertiary/aromatic N) is 2. The van der Waals surface area contributed by atoms with E-state index >= 15 is 0 Å². The molecule has 2 nitrogen and oxygen atoms in total. The maximum atomic E-state index is 2.59. The molecule has 0 unspecified atom stereocenters. The van der Waals surface area contributed by atoms with E-state index in [-0.39, 0.29) is 0 Å². The molecular formula is C88H54N2. The van der Waals surface area contributed by atoms with Gasteiger partial charge in [-0.05, 0) is 193 Å². The third-order valence-electron chi connectivity index (χ3n) is 19.4. The largest absolute Gasteiger partial charge is 0.310 e. The first-order valence-corrected chi connectivity index (χ1v) is 31.3. The van der Waals surface area contributed by atoms with Crippen LogP contribution in [0.2, 0.25) is 0 Å². The van der Waals surface area contributed by atoms with Gasteiger partial charge in [-0.25, -0.2) is 0 Å². The first-order chi connectivity index (χ1) is 44.8. The third kappa shape index (κ3) is 7.22. The van der Waals surface area contributed by atoms with E-state index in [0.717, 1.165) is 34.1 Å². The van der Waals surface area contributed by atoms with Crippen LogP contribution in [0.15, 0.2) is 328 Å². The number of para-hydroxylation sites is 4. The van der Waals surface area contributed by atoms with E-state index in [1.54, 1.807) is 0 Å². The quantitative estimate of drug-likeness (QED) is 0.0995. The Morgan fingerprint density at radius 2 is 0.389 bits per heavy atom. The summed E-state index contributed by atoms with van der Waals surface area (Å²) in [7, 11) is 0. The molecule has 0 saturated carbocycles. The van der Waals surface area contributed by atoms with Crippen LogP contribution in [0.5, 0.6) is 0 Å². The van der Waals surface area contributed by atoms with Crippen molar-refractivity contribution in [2.45, 2.75) is 0 Å². The van der Waals surface area contributed by atoms with Crippen molar-refractivity contribution in [2.75, 3.05) is 9.80 Å². The summed E-state index contributed by atoms with van der Waals surface area (Å²) in [6.45, 7) is 0. The lowest BCUT2D eigenvalue weighted by Gasteiger charge is -2.31. The summed E-state index contributed by atoms with van der Waals surface area (Å²) in [4.78, 5) is 5.08. The molecule has 0 bridgehead atoms. The summed E-state index contributed by atoms with van der Waals surface area (Å²) in [6, 6.07) is 122. The highest BCUT2D eigenvalue weighted by Gasteiger charge is 2.38. The average Bonchev–Trinajstić information content (AvgIpc) is 1.43. The van der Waals surface area contributed by atoms with Crippen LogP contribution in [0.3, 0.4) is 0 Å². The highest BCUT2D eigenvalue weighted by molar-refractivity contribution is 6.46. The normalized spacial score (nSPS) is 12.0. The summed E-state index contributed by atoms with van der Waals surface area (Å²) < 4.78 is 0. The fraction of sp³-hybridized carbons (Fsp3) is 0. The first-order valence-electron chi connectivity index (χ1n) is 31.3. The lowest BCUT2D eigenvalue weighted by molar-refractivity contribution is 1.30. The summed E-state index contributed by atoms with van der Waals surface area (Å²) >= 11 is 0. The van der Waals surface area contributed by atoms with Crippen LogP contribution in [0.1, 0.15) is 0 Å². The molecule has 0 aromatic heterocycles. The molecule has 0 aliphatic heterocycles. The van der Waals surface area contributed by atoms with E-state index in [4.69, 9.17) is 0 Å². The first kappa shape index (κ1) is 50.3. The minimum absolute atomic E-state index is 1.09. The van der Waals surface area contributed by atoms with Crippen molar-refractivity contribution < 1.29 is 0 Å². The van der Waals surface area contributed by atoms with Gasteiger partial charge in [-0.2, -0.15) is 0 Å². The zero-order valence-corrected chi connectivity index (χ0v) is 49.1. The van der Waals surface area contributed by atoms with E-state index in [1.165, 1.54) is 154 Å². The highest BCUT2D eigenvalue weighted by Crippen LogP contribution is 2.66. The van der Waals surface area contributed by atoms with Crippen molar-refractivity contribution in [1.82, 2.24) is 0 Å². The molecule has 2 aliphatic carbocycles. The number of benzene rings is 17. The second kappa shape index (κ2) is 19.8. The molecule has 17 aromatic rings. The monoisotopic (exact) mass is 1140 g/mol. The zero-order valence-electron chi connectivity index (χ0n) is 49.1. The molecule has 0 amide bonds. The van der Waals surface area contributed by atoms with E-state index in [1.807, 2.05) is 0 Å². The van der Waals surface area contributed by atoms with Crippen molar-refractivity contribution in [3.8, 4) is 89.0 Å². The SMILES string of the molecule is c1ccc(-c2c3c(c(-c4ccccc4)c4ccccc24)-c2cc(N(c4ccccc4)c4ccccc4)c4c5ccc6c7c(cc(N(c8ccccc8)c8ccccc8)c(c8ccc-3c2c84)c75)-c2c-6c(-c3ccccc3)c3ccccc3c2-c2ccccc2)cc1. The number of rotatable bonds is 10. The van der Waals surface area contributed by atoms with Crippen molar-refractivity contribution >= 4 is 98.8 Å². The van der Waals surface area contributed by atoms with E-state index in [9.17, 15) is 0 Å². The fourth-order valence-corrected chi connectivity index (χ4v) is 16.0. The van der Waals surface area contributed by atoms with Gasteiger partial charge >= 0.3 is 0 Å². The predicted molar refractivity (Wildman–Crippen MR) is 383 cm³/mol. The number of anilines is 6. The van der Waals surface area contributed by atoms with Gasteiger partial charge in [0.15, 0.2) is 0 Å². The van der Waals surface area contributed by atoms with E-state index in [2.05, 4.69) is 337 Å². The molecule has 0 heterocycles. The van der Waals surface area contributed by atoms with Gasteiger partial charge in [0.1, 0.15) is 0 Å². The molecular weight excluding hydrogens is 1080 g/mol. The maximum Gasteiger partial charge on any atom is 0.0553 e. The smallest absolute Gasteiger partial charge is 0.0553 e. The summed E-state index contributed by atoms with van der Waals surface area (Å²) in [5, 5.41) is 14.9. The van der Waals surface area contributed by atoms with Crippen molar-refractivity contribution in [3.63, 3.8) is 0 Å². The topological polar surface area (TPSA) is 6.48 Å². The van der Waals surface area contributed by atoms with Gasteiger partial charge < -0.3 is 9.80 Å². The fourth-order valence-electron chi connectivity index (χ4n) is 16.0. The second-order valence-corrected chi connectivity index (χ2v) is 24.0. The molecule has 0 radical (unpaired) electrons. The van der Waals surface area contributed by atoms with Crippen molar-refractivity contribution in [2.24, 2.45) is 0 Å². The Morgan fingerprint density at radius 3 is 0.656 bits per heavy atom. The Bertz CT molecular complexity index is 5280. The van der Waals surface area contributed by atoms with Gasteiger partial charge in [-0.1, -0.05) is 267 Å². The Hall–Kier alpha value is -11.8. The average molecular weight is 1140 g/mol. The Kier molecular flexibility index (Phi) is 11.1. The third-order valence-corrected chi connectivity index (χ3v) is 19.4. The Morgan fingerprint density at radius 1 is 0.156 bits per heavy atom. The van der Waals surface area contributed by atoms with Crippen LogP contribution in [0.25, 0.3) is 154 Å². The van der Waals surface area contributed by atoms with Gasteiger partial charge in [-0.15, -0.1) is 0 Å². The van der Waals surface area contributed by atoms with Crippen LogP contribution >= 0.6 is 0 Å². The highest BCUT2D eigenvalue weighted by atomic mass is 15.2. The summed E-state index contributed by atoms with van der Waals surface area (Å²) in [5.41, 5.74) is 26.4. The lowest BCUT2D eigenvalue weighted by atomic mass is 9.82. The van der Waals surface area contributed by atoms with Gasteiger partial charge in [0, 0.05) is 44.3 Å². The molecule has 0 spiro atoms. The molecule has 416 valence electrons. The number of fused-ring (bicyclic) bond motifs is 10. The second-order valence-electron chi connectivity index (χ2n) is 24.0. The van der Waals surface area contributed by atoms with Gasteiger partial charge in [0.2, 0.25) is 0 Å². The molecule has 17 aromatic carbocycles. The van der Waals surface area contributed by atoms with Gasteiger partial charge in [0.05, 0.1) is 11.4 Å². The van der Waals surface area contributed by atoms with Gasteiger partial charge in [-0.3, -0.25) is 0 Å². The predicted octanol–water partition coefficient (Wildman–Crippen LogP) is 24.9. The van der Waals surface area contributed by atoms with E-state index in [0.29, 0.717) is 0 Å². The minimum Gasteiger partial charge on any atom is -0.310 e. The molecule has 2 aliphatic rings.